The number of hydrogen-bond acceptors (Lipinski definition) is 3. The van der Waals surface area contributed by atoms with Gasteiger partial charge in [0.25, 0.3) is 0 Å². The van der Waals surface area contributed by atoms with E-state index < -0.39 is 0 Å². The molecule has 0 spiro atoms. The summed E-state index contributed by atoms with van der Waals surface area (Å²) in [5.74, 6) is -0.313. The zero-order valence-corrected chi connectivity index (χ0v) is 7.59. The molecule has 3 nitrogen and oxygen atoms in total. The molecule has 0 aliphatic rings. The number of allylic oxidation sites excluding steroid dienone is 1. The van der Waals surface area contributed by atoms with Crippen LogP contribution < -0.4 is 5.32 Å². The van der Waals surface area contributed by atoms with Crippen LogP contribution in [0.25, 0.3) is 0 Å². The molecule has 12 heavy (non-hydrogen) atoms. The van der Waals surface area contributed by atoms with Crippen molar-refractivity contribution >= 4 is 5.97 Å². The second-order valence-electron chi connectivity index (χ2n) is 2.25. The van der Waals surface area contributed by atoms with Gasteiger partial charge in [-0.25, -0.2) is 4.79 Å². The lowest BCUT2D eigenvalue weighted by Crippen LogP contribution is -2.12. The Morgan fingerprint density at radius 2 is 2.33 bits per heavy atom. The Balaban J connectivity index is 3.80. The predicted octanol–water partition coefficient (Wildman–Crippen LogP) is 1.23. The summed E-state index contributed by atoms with van der Waals surface area (Å²) < 4.78 is 4.71. The molecule has 0 unspecified atom stereocenters. The van der Waals surface area contributed by atoms with E-state index >= 15 is 0 Å². The molecular formula is C9H15NO2. The van der Waals surface area contributed by atoms with Gasteiger partial charge in [0.05, 0.1) is 6.61 Å². The van der Waals surface area contributed by atoms with Crippen molar-refractivity contribution in [3.63, 3.8) is 0 Å². The third-order valence-electron chi connectivity index (χ3n) is 1.15. The Bertz CT molecular complexity index is 185. The molecule has 0 radical (unpaired) electrons. The van der Waals surface area contributed by atoms with Crippen LogP contribution in [0.5, 0.6) is 0 Å². The zero-order valence-electron chi connectivity index (χ0n) is 7.59. The maximum absolute atomic E-state index is 10.9. The quantitative estimate of drug-likeness (QED) is 0.382. The highest BCUT2D eigenvalue weighted by Gasteiger charge is 1.95. The highest BCUT2D eigenvalue weighted by atomic mass is 16.5. The van der Waals surface area contributed by atoms with Gasteiger partial charge in [-0.2, -0.15) is 0 Å². The summed E-state index contributed by atoms with van der Waals surface area (Å²) in [6.07, 6.45) is 3.15. The Morgan fingerprint density at radius 1 is 1.67 bits per heavy atom. The Morgan fingerprint density at radius 3 is 2.83 bits per heavy atom. The first-order valence-corrected chi connectivity index (χ1v) is 3.90. The van der Waals surface area contributed by atoms with Crippen LogP contribution in [0.1, 0.15) is 13.8 Å². The van der Waals surface area contributed by atoms with Crippen LogP contribution in [-0.2, 0) is 9.53 Å². The van der Waals surface area contributed by atoms with E-state index in [0.29, 0.717) is 13.2 Å². The van der Waals surface area contributed by atoms with Crippen molar-refractivity contribution in [1.82, 2.24) is 5.32 Å². The average molecular weight is 169 g/mol. The van der Waals surface area contributed by atoms with E-state index in [4.69, 9.17) is 4.74 Å². The number of carbonyl (C=O) groups is 1. The molecule has 0 rings (SSSR count). The van der Waals surface area contributed by atoms with Crippen molar-refractivity contribution in [2.45, 2.75) is 13.8 Å². The molecular weight excluding hydrogens is 154 g/mol. The molecule has 0 heterocycles. The predicted molar refractivity (Wildman–Crippen MR) is 48.6 cm³/mol. The Labute approximate surface area is 73.1 Å². The average Bonchev–Trinajstić information content (AvgIpc) is 2.01. The van der Waals surface area contributed by atoms with Gasteiger partial charge in [-0.15, -0.1) is 6.58 Å². The van der Waals surface area contributed by atoms with Crippen LogP contribution in [-0.4, -0.2) is 19.1 Å². The molecule has 0 saturated heterocycles. The normalized spacial score (nSPS) is 10.7. The van der Waals surface area contributed by atoms with Crippen LogP contribution >= 0.6 is 0 Å². The maximum Gasteiger partial charge on any atom is 0.332 e. The Kier molecular flexibility index (Phi) is 5.79. The molecule has 0 atom stereocenters. The third kappa shape index (κ3) is 5.53. The van der Waals surface area contributed by atoms with E-state index in [9.17, 15) is 4.79 Å². The van der Waals surface area contributed by atoms with Gasteiger partial charge in [0.2, 0.25) is 0 Å². The molecule has 0 aliphatic carbocycles. The largest absolute Gasteiger partial charge is 0.463 e. The number of hydrogen-bond donors (Lipinski definition) is 1. The van der Waals surface area contributed by atoms with Crippen LogP contribution in [0, 0.1) is 0 Å². The molecule has 0 bridgehead atoms. The van der Waals surface area contributed by atoms with E-state index in [-0.39, 0.29) is 5.97 Å². The van der Waals surface area contributed by atoms with Gasteiger partial charge in [-0.05, 0) is 13.8 Å². The highest BCUT2D eigenvalue weighted by Crippen LogP contribution is 1.88. The first-order valence-electron chi connectivity index (χ1n) is 3.90. The lowest BCUT2D eigenvalue weighted by molar-refractivity contribution is -0.137. The van der Waals surface area contributed by atoms with Crippen molar-refractivity contribution in [2.75, 3.05) is 13.2 Å². The standard InChI is InChI=1S/C9H15NO2/c1-4-6-10-8(3)7-9(11)12-5-2/h4,7,10H,1,5-6H2,2-3H3/b8-7-. The lowest BCUT2D eigenvalue weighted by Gasteiger charge is -2.02. The minimum Gasteiger partial charge on any atom is -0.463 e. The van der Waals surface area contributed by atoms with Gasteiger partial charge in [-0.1, -0.05) is 6.08 Å². The summed E-state index contributed by atoms with van der Waals surface area (Å²) in [5, 5.41) is 2.96. The monoisotopic (exact) mass is 169 g/mol. The smallest absolute Gasteiger partial charge is 0.332 e. The fourth-order valence-corrected chi connectivity index (χ4v) is 0.645. The summed E-state index contributed by atoms with van der Waals surface area (Å²) in [4.78, 5) is 10.9. The van der Waals surface area contributed by atoms with E-state index in [2.05, 4.69) is 11.9 Å². The summed E-state index contributed by atoms with van der Waals surface area (Å²) in [7, 11) is 0. The second-order valence-corrected chi connectivity index (χ2v) is 2.25. The van der Waals surface area contributed by atoms with Gasteiger partial charge >= 0.3 is 5.97 Å². The molecule has 1 N–H and O–H groups in total. The molecule has 0 aliphatic heterocycles. The van der Waals surface area contributed by atoms with E-state index in [1.165, 1.54) is 6.08 Å². The van der Waals surface area contributed by atoms with E-state index in [0.717, 1.165) is 5.70 Å². The fraction of sp³-hybridized carbons (Fsp3) is 0.444. The summed E-state index contributed by atoms with van der Waals surface area (Å²) >= 11 is 0. The molecule has 0 aromatic carbocycles. The van der Waals surface area contributed by atoms with Crippen molar-refractivity contribution in [3.05, 3.63) is 24.4 Å². The summed E-state index contributed by atoms with van der Waals surface area (Å²) in [6, 6.07) is 0. The Hall–Kier alpha value is -1.25. The maximum atomic E-state index is 10.9. The molecule has 0 saturated carbocycles. The van der Waals surface area contributed by atoms with Gasteiger partial charge < -0.3 is 10.1 Å². The number of ether oxygens (including phenoxy) is 1. The summed E-state index contributed by atoms with van der Waals surface area (Å²) in [5.41, 5.74) is 0.786. The van der Waals surface area contributed by atoms with Crippen molar-refractivity contribution in [2.24, 2.45) is 0 Å². The topological polar surface area (TPSA) is 38.3 Å². The molecule has 0 fully saturated rings. The van der Waals surface area contributed by atoms with Crippen LogP contribution in [0.3, 0.4) is 0 Å². The summed E-state index contributed by atoms with van der Waals surface area (Å²) in [6.45, 7) is 8.19. The number of rotatable bonds is 5. The van der Waals surface area contributed by atoms with Crippen molar-refractivity contribution < 1.29 is 9.53 Å². The van der Waals surface area contributed by atoms with E-state index in [1.54, 1.807) is 19.9 Å². The molecule has 68 valence electrons. The minimum absolute atomic E-state index is 0.313. The highest BCUT2D eigenvalue weighted by molar-refractivity contribution is 5.82. The lowest BCUT2D eigenvalue weighted by atomic mass is 10.4. The van der Waals surface area contributed by atoms with Gasteiger partial charge in [-0.3, -0.25) is 0 Å². The van der Waals surface area contributed by atoms with Gasteiger partial charge in [0.1, 0.15) is 0 Å². The van der Waals surface area contributed by atoms with Crippen LogP contribution in [0.2, 0.25) is 0 Å². The van der Waals surface area contributed by atoms with E-state index in [1.807, 2.05) is 0 Å². The SMILES string of the molecule is C=CCN/C(C)=C\C(=O)OCC. The minimum atomic E-state index is -0.313. The number of esters is 1. The number of carbonyl (C=O) groups excluding carboxylic acids is 1. The first kappa shape index (κ1) is 10.8. The fourth-order valence-electron chi connectivity index (χ4n) is 0.645. The molecule has 0 aromatic rings. The third-order valence-corrected chi connectivity index (χ3v) is 1.15. The van der Waals surface area contributed by atoms with Crippen molar-refractivity contribution in [3.8, 4) is 0 Å². The van der Waals surface area contributed by atoms with Gasteiger partial charge in [0, 0.05) is 18.3 Å². The van der Waals surface area contributed by atoms with Gasteiger partial charge in [0.15, 0.2) is 0 Å². The molecule has 3 heteroatoms. The van der Waals surface area contributed by atoms with Crippen molar-refractivity contribution in [1.29, 1.82) is 0 Å². The molecule has 0 amide bonds. The second kappa shape index (κ2) is 6.46. The number of nitrogens with one attached hydrogen (secondary N) is 1. The molecule has 0 aromatic heterocycles. The zero-order chi connectivity index (χ0) is 9.40. The first-order chi connectivity index (χ1) is 5.70. The van der Waals surface area contributed by atoms with Crippen LogP contribution in [0.15, 0.2) is 24.4 Å². The van der Waals surface area contributed by atoms with Crippen LogP contribution in [0.4, 0.5) is 0 Å².